The summed E-state index contributed by atoms with van der Waals surface area (Å²) in [6, 6.07) is 2.25. The number of nitrogens with zero attached hydrogens (tertiary/aromatic N) is 4. The molecule has 0 unspecified atom stereocenters. The first-order valence-electron chi connectivity index (χ1n) is 8.28. The highest BCUT2D eigenvalue weighted by Gasteiger charge is 2.34. The van der Waals surface area contributed by atoms with Gasteiger partial charge in [-0.15, -0.1) is 0 Å². The van der Waals surface area contributed by atoms with Gasteiger partial charge >= 0.3 is 0 Å². The SMILES string of the molecule is CN1N=C(C(=O)N2CCN(S(=O)(=O)c3cc(F)ccc3F)CC2)CCC1=O. The molecule has 1 fully saturated rings. The lowest BCUT2D eigenvalue weighted by atomic mass is 10.1. The number of piperazine rings is 1. The van der Waals surface area contributed by atoms with Crippen molar-refractivity contribution in [2.45, 2.75) is 17.7 Å². The molecule has 1 aromatic carbocycles. The number of hydrogen-bond acceptors (Lipinski definition) is 5. The van der Waals surface area contributed by atoms with Gasteiger partial charge in [-0.05, 0) is 18.2 Å². The standard InChI is InChI=1S/C16H18F2N4O4S/c1-20-15(23)5-4-13(19-20)16(24)21-6-8-22(9-7-21)27(25,26)14-10-11(17)2-3-12(14)18/h2-3,10H,4-9H2,1H3. The molecule has 11 heteroatoms. The van der Waals surface area contributed by atoms with Crippen molar-refractivity contribution < 1.29 is 26.8 Å². The Labute approximate surface area is 155 Å². The molecule has 3 rings (SSSR count). The predicted molar refractivity (Wildman–Crippen MR) is 91.1 cm³/mol. The molecule has 0 spiro atoms. The quantitative estimate of drug-likeness (QED) is 0.735. The van der Waals surface area contributed by atoms with Crippen molar-refractivity contribution in [3.8, 4) is 0 Å². The van der Waals surface area contributed by atoms with Crippen LogP contribution in [-0.2, 0) is 19.6 Å². The van der Waals surface area contributed by atoms with Gasteiger partial charge in [0.25, 0.3) is 5.91 Å². The van der Waals surface area contributed by atoms with Crippen LogP contribution in [-0.4, -0.2) is 73.4 Å². The molecule has 0 atom stereocenters. The first-order valence-corrected chi connectivity index (χ1v) is 9.72. The van der Waals surface area contributed by atoms with Crippen LogP contribution in [0.3, 0.4) is 0 Å². The Morgan fingerprint density at radius 1 is 1.11 bits per heavy atom. The highest BCUT2D eigenvalue weighted by Crippen LogP contribution is 2.22. The maximum absolute atomic E-state index is 13.9. The van der Waals surface area contributed by atoms with E-state index in [9.17, 15) is 26.8 Å². The van der Waals surface area contributed by atoms with E-state index in [1.807, 2.05) is 0 Å². The second-order valence-corrected chi connectivity index (χ2v) is 8.14. The van der Waals surface area contributed by atoms with Gasteiger partial charge in [0.2, 0.25) is 15.9 Å². The second kappa shape index (κ2) is 7.31. The van der Waals surface area contributed by atoms with Crippen LogP contribution in [0.1, 0.15) is 12.8 Å². The van der Waals surface area contributed by atoms with Crippen molar-refractivity contribution in [1.82, 2.24) is 14.2 Å². The van der Waals surface area contributed by atoms with Crippen molar-refractivity contribution in [2.24, 2.45) is 5.10 Å². The number of halogens is 2. The molecule has 0 saturated carbocycles. The molecule has 146 valence electrons. The fraction of sp³-hybridized carbons (Fsp3) is 0.438. The lowest BCUT2D eigenvalue weighted by molar-refractivity contribution is -0.130. The summed E-state index contributed by atoms with van der Waals surface area (Å²) in [6.45, 7) is 0.0789. The van der Waals surface area contributed by atoms with Gasteiger partial charge in [-0.25, -0.2) is 22.2 Å². The van der Waals surface area contributed by atoms with Gasteiger partial charge in [-0.2, -0.15) is 9.41 Å². The van der Waals surface area contributed by atoms with E-state index in [0.29, 0.717) is 6.07 Å². The van der Waals surface area contributed by atoms with E-state index < -0.39 is 26.6 Å². The Morgan fingerprint density at radius 2 is 1.78 bits per heavy atom. The van der Waals surface area contributed by atoms with E-state index in [1.54, 1.807) is 0 Å². The van der Waals surface area contributed by atoms with Crippen molar-refractivity contribution in [2.75, 3.05) is 33.2 Å². The van der Waals surface area contributed by atoms with Gasteiger partial charge in [-0.1, -0.05) is 0 Å². The Morgan fingerprint density at radius 3 is 2.41 bits per heavy atom. The van der Waals surface area contributed by atoms with Crippen LogP contribution >= 0.6 is 0 Å². The number of benzene rings is 1. The number of hydrogen-bond donors (Lipinski definition) is 0. The zero-order valence-electron chi connectivity index (χ0n) is 14.6. The summed E-state index contributed by atoms with van der Waals surface area (Å²) in [4.78, 5) is 24.7. The maximum Gasteiger partial charge on any atom is 0.270 e. The van der Waals surface area contributed by atoms with Gasteiger partial charge < -0.3 is 4.90 Å². The average molecular weight is 400 g/mol. The van der Waals surface area contributed by atoms with Gasteiger partial charge in [-0.3, -0.25) is 9.59 Å². The molecule has 0 aromatic heterocycles. The number of amides is 2. The Hall–Kier alpha value is -2.40. The third kappa shape index (κ3) is 3.83. The van der Waals surface area contributed by atoms with Crippen LogP contribution in [0.2, 0.25) is 0 Å². The summed E-state index contributed by atoms with van der Waals surface area (Å²) in [5.41, 5.74) is 0.240. The third-order valence-electron chi connectivity index (χ3n) is 4.49. The van der Waals surface area contributed by atoms with Crippen LogP contribution < -0.4 is 0 Å². The third-order valence-corrected chi connectivity index (χ3v) is 6.40. The maximum atomic E-state index is 13.9. The minimum Gasteiger partial charge on any atom is -0.335 e. The normalized spacial score (nSPS) is 19.2. The average Bonchev–Trinajstić information content (AvgIpc) is 2.65. The first-order chi connectivity index (χ1) is 12.7. The van der Waals surface area contributed by atoms with E-state index in [1.165, 1.54) is 11.9 Å². The molecule has 1 aromatic rings. The zero-order chi connectivity index (χ0) is 19.8. The molecule has 2 heterocycles. The van der Waals surface area contributed by atoms with E-state index in [2.05, 4.69) is 5.10 Å². The van der Waals surface area contributed by atoms with E-state index in [4.69, 9.17) is 0 Å². The fourth-order valence-electron chi connectivity index (χ4n) is 2.95. The molecule has 0 N–H and O–H groups in total. The molecule has 2 amide bonds. The van der Waals surface area contributed by atoms with Crippen molar-refractivity contribution in [1.29, 1.82) is 0 Å². The molecule has 2 aliphatic rings. The summed E-state index contributed by atoms with van der Waals surface area (Å²) >= 11 is 0. The van der Waals surface area contributed by atoms with Crippen molar-refractivity contribution >= 4 is 27.5 Å². The molecular weight excluding hydrogens is 382 g/mol. The molecule has 0 aliphatic carbocycles. The first kappa shape index (κ1) is 19.4. The lowest BCUT2D eigenvalue weighted by Gasteiger charge is -2.34. The number of sulfonamides is 1. The topological polar surface area (TPSA) is 90.4 Å². The van der Waals surface area contributed by atoms with Gasteiger partial charge in [0, 0.05) is 46.1 Å². The number of hydrazone groups is 1. The monoisotopic (exact) mass is 400 g/mol. The van der Waals surface area contributed by atoms with Crippen LogP contribution in [0.25, 0.3) is 0 Å². The Balaban J connectivity index is 1.70. The number of carbonyl (C=O) groups excluding carboxylic acids is 2. The minimum atomic E-state index is -4.21. The molecular formula is C16H18F2N4O4S. The Bertz CT molecular complexity index is 911. The fourth-order valence-corrected chi connectivity index (χ4v) is 4.45. The molecule has 27 heavy (non-hydrogen) atoms. The highest BCUT2D eigenvalue weighted by molar-refractivity contribution is 7.89. The van der Waals surface area contributed by atoms with Crippen LogP contribution in [0.15, 0.2) is 28.2 Å². The van der Waals surface area contributed by atoms with E-state index >= 15 is 0 Å². The molecule has 8 nitrogen and oxygen atoms in total. The van der Waals surface area contributed by atoms with Crippen LogP contribution in [0.4, 0.5) is 8.78 Å². The summed E-state index contributed by atoms with van der Waals surface area (Å²) in [7, 11) is -2.74. The highest BCUT2D eigenvalue weighted by atomic mass is 32.2. The summed E-state index contributed by atoms with van der Waals surface area (Å²) in [5.74, 6) is -2.42. The second-order valence-electron chi connectivity index (χ2n) is 6.24. The minimum absolute atomic E-state index is 0.0495. The van der Waals surface area contributed by atoms with Crippen LogP contribution in [0, 0.1) is 11.6 Å². The summed E-state index contributed by atoms with van der Waals surface area (Å²) in [6.07, 6.45) is 0.420. The van der Waals surface area contributed by atoms with Crippen LogP contribution in [0.5, 0.6) is 0 Å². The van der Waals surface area contributed by atoms with E-state index in [-0.39, 0.29) is 56.5 Å². The van der Waals surface area contributed by atoms with Gasteiger partial charge in [0.15, 0.2) is 0 Å². The lowest BCUT2D eigenvalue weighted by Crippen LogP contribution is -2.52. The molecule has 0 bridgehead atoms. The summed E-state index contributed by atoms with van der Waals surface area (Å²) in [5, 5.41) is 5.08. The smallest absolute Gasteiger partial charge is 0.270 e. The van der Waals surface area contributed by atoms with E-state index in [0.717, 1.165) is 21.4 Å². The largest absolute Gasteiger partial charge is 0.335 e. The number of carbonyl (C=O) groups is 2. The zero-order valence-corrected chi connectivity index (χ0v) is 15.4. The van der Waals surface area contributed by atoms with Crippen molar-refractivity contribution in [3.63, 3.8) is 0 Å². The summed E-state index contributed by atoms with van der Waals surface area (Å²) < 4.78 is 53.3. The van der Waals surface area contributed by atoms with Gasteiger partial charge in [0.05, 0.1) is 0 Å². The Kier molecular flexibility index (Phi) is 5.24. The molecule has 2 aliphatic heterocycles. The molecule has 1 saturated heterocycles. The number of rotatable bonds is 3. The van der Waals surface area contributed by atoms with Crippen molar-refractivity contribution in [3.05, 3.63) is 29.8 Å². The molecule has 0 radical (unpaired) electrons. The predicted octanol–water partition coefficient (Wildman–Crippen LogP) is 0.406. The van der Waals surface area contributed by atoms with Gasteiger partial charge in [0.1, 0.15) is 22.2 Å².